The van der Waals surface area contributed by atoms with Gasteiger partial charge in [0.25, 0.3) is 0 Å². The van der Waals surface area contributed by atoms with Crippen molar-refractivity contribution in [3.05, 3.63) is 59.7 Å². The number of carbonyl (C=O) groups is 3. The normalized spacial score (nSPS) is 18.7. The Labute approximate surface area is 199 Å². The van der Waals surface area contributed by atoms with E-state index in [1.54, 1.807) is 0 Å². The van der Waals surface area contributed by atoms with Gasteiger partial charge in [-0.05, 0) is 53.9 Å². The number of amides is 2. The molecule has 0 aliphatic heterocycles. The smallest absolute Gasteiger partial charge is 0.407 e. The van der Waals surface area contributed by atoms with E-state index in [9.17, 15) is 14.4 Å². The Balaban J connectivity index is 1.25. The number of ether oxygens (including phenoxy) is 1. The molecule has 0 spiro atoms. The summed E-state index contributed by atoms with van der Waals surface area (Å²) in [5.74, 6) is -0.773. The number of carboxylic acid groups (broad SMARTS) is 1. The van der Waals surface area contributed by atoms with Crippen molar-refractivity contribution in [1.82, 2.24) is 10.6 Å². The molecule has 180 valence electrons. The quantitative estimate of drug-likeness (QED) is 0.451. The summed E-state index contributed by atoms with van der Waals surface area (Å²) in [5.41, 5.74) is 4.74. The summed E-state index contributed by atoms with van der Waals surface area (Å²) in [5, 5.41) is 14.5. The van der Waals surface area contributed by atoms with Gasteiger partial charge in [0.05, 0.1) is 0 Å². The second-order valence-electron chi connectivity index (χ2n) is 9.17. The minimum atomic E-state index is -0.820. The fourth-order valence-corrected chi connectivity index (χ4v) is 5.20. The molecule has 0 saturated heterocycles. The number of nitrogens with one attached hydrogen (secondary N) is 2. The first-order valence-corrected chi connectivity index (χ1v) is 12.1. The molecule has 2 aromatic rings. The van der Waals surface area contributed by atoms with Gasteiger partial charge in [-0.2, -0.15) is 0 Å². The summed E-state index contributed by atoms with van der Waals surface area (Å²) in [4.78, 5) is 35.5. The van der Waals surface area contributed by atoms with E-state index >= 15 is 0 Å². The van der Waals surface area contributed by atoms with Crippen LogP contribution in [-0.2, 0) is 14.3 Å². The van der Waals surface area contributed by atoms with Crippen LogP contribution in [0, 0.1) is 5.92 Å². The van der Waals surface area contributed by atoms with E-state index in [0.717, 1.165) is 19.3 Å². The first-order valence-electron chi connectivity index (χ1n) is 12.1. The van der Waals surface area contributed by atoms with Crippen LogP contribution in [0.1, 0.15) is 62.0 Å². The third-order valence-electron chi connectivity index (χ3n) is 6.89. The Morgan fingerprint density at radius 3 is 2.29 bits per heavy atom. The van der Waals surface area contributed by atoms with E-state index in [-0.39, 0.29) is 36.8 Å². The van der Waals surface area contributed by atoms with Crippen molar-refractivity contribution in [3.8, 4) is 11.1 Å². The first kappa shape index (κ1) is 23.8. The fraction of sp³-hybridized carbons (Fsp3) is 0.444. The molecule has 3 N–H and O–H groups in total. The average molecular weight is 465 g/mol. The molecule has 0 unspecified atom stereocenters. The summed E-state index contributed by atoms with van der Waals surface area (Å²) in [6, 6.07) is 16.4. The second kappa shape index (κ2) is 11.2. The van der Waals surface area contributed by atoms with Crippen LogP contribution in [0.15, 0.2) is 48.5 Å². The molecular weight excluding hydrogens is 432 g/mol. The molecule has 2 amide bonds. The topological polar surface area (TPSA) is 105 Å². The Kier molecular flexibility index (Phi) is 7.83. The zero-order valence-corrected chi connectivity index (χ0v) is 19.3. The summed E-state index contributed by atoms with van der Waals surface area (Å²) in [6.07, 6.45) is 3.91. The zero-order chi connectivity index (χ0) is 23.9. The molecule has 0 aromatic heterocycles. The van der Waals surface area contributed by atoms with Gasteiger partial charge in [-0.3, -0.25) is 9.59 Å². The molecule has 7 heteroatoms. The molecule has 2 atom stereocenters. The number of fused-ring (bicyclic) bond motifs is 3. The molecule has 0 bridgehead atoms. The van der Waals surface area contributed by atoms with Gasteiger partial charge in [-0.15, -0.1) is 0 Å². The van der Waals surface area contributed by atoms with Crippen LogP contribution in [-0.4, -0.2) is 42.3 Å². The fourth-order valence-electron chi connectivity index (χ4n) is 5.20. The van der Waals surface area contributed by atoms with Crippen molar-refractivity contribution >= 4 is 18.0 Å². The van der Waals surface area contributed by atoms with Gasteiger partial charge in [0.15, 0.2) is 0 Å². The number of carbonyl (C=O) groups excluding carboxylic acids is 2. The largest absolute Gasteiger partial charge is 0.481 e. The number of rotatable bonds is 10. The molecule has 0 heterocycles. The van der Waals surface area contributed by atoms with Crippen LogP contribution >= 0.6 is 0 Å². The Hall–Kier alpha value is -3.35. The van der Waals surface area contributed by atoms with Crippen LogP contribution in [0.25, 0.3) is 11.1 Å². The summed E-state index contributed by atoms with van der Waals surface area (Å²) >= 11 is 0. The number of alkyl carbamates (subject to hydrolysis) is 1. The van der Waals surface area contributed by atoms with Crippen LogP contribution in [0.5, 0.6) is 0 Å². The molecule has 7 nitrogen and oxygen atoms in total. The number of hydrogen-bond acceptors (Lipinski definition) is 4. The second-order valence-corrected chi connectivity index (χ2v) is 9.17. The average Bonchev–Trinajstić information content (AvgIpc) is 3.39. The van der Waals surface area contributed by atoms with Crippen molar-refractivity contribution in [1.29, 1.82) is 0 Å². The number of benzene rings is 2. The summed E-state index contributed by atoms with van der Waals surface area (Å²) in [7, 11) is 0. The number of unbranched alkanes of at least 4 members (excludes halogenated alkanes) is 1. The first-order chi connectivity index (χ1) is 16.5. The molecule has 0 radical (unpaired) electrons. The molecule has 1 saturated carbocycles. The predicted molar refractivity (Wildman–Crippen MR) is 128 cm³/mol. The third-order valence-corrected chi connectivity index (χ3v) is 6.89. The molecule has 34 heavy (non-hydrogen) atoms. The lowest BCUT2D eigenvalue weighted by Gasteiger charge is -2.21. The lowest BCUT2D eigenvalue weighted by Crippen LogP contribution is -2.40. The molecule has 2 aromatic carbocycles. The van der Waals surface area contributed by atoms with Crippen LogP contribution in [0.3, 0.4) is 0 Å². The van der Waals surface area contributed by atoms with Gasteiger partial charge in [-0.1, -0.05) is 55.0 Å². The molecule has 2 aliphatic carbocycles. The summed E-state index contributed by atoms with van der Waals surface area (Å²) in [6.45, 7) is 0.747. The molecule has 1 fully saturated rings. The van der Waals surface area contributed by atoms with Crippen LogP contribution in [0.2, 0.25) is 0 Å². The van der Waals surface area contributed by atoms with Crippen molar-refractivity contribution in [2.45, 2.75) is 56.9 Å². The SMILES string of the molecule is O=C(O)CCCCNC(=O)C[C@@H]1CCC[C@H]1NC(=O)OCC1c2ccccc2-c2ccccc21. The maximum atomic E-state index is 12.6. The van der Waals surface area contributed by atoms with Gasteiger partial charge in [0.2, 0.25) is 5.91 Å². The zero-order valence-electron chi connectivity index (χ0n) is 19.3. The van der Waals surface area contributed by atoms with Gasteiger partial charge in [0, 0.05) is 31.3 Å². The van der Waals surface area contributed by atoms with E-state index < -0.39 is 12.1 Å². The van der Waals surface area contributed by atoms with Crippen molar-refractivity contribution in [2.75, 3.05) is 13.2 Å². The number of hydrogen-bond donors (Lipinski definition) is 3. The third kappa shape index (κ3) is 5.76. The van der Waals surface area contributed by atoms with Crippen molar-refractivity contribution < 1.29 is 24.2 Å². The maximum absolute atomic E-state index is 12.6. The van der Waals surface area contributed by atoms with E-state index in [0.29, 0.717) is 25.8 Å². The highest BCUT2D eigenvalue weighted by Crippen LogP contribution is 2.44. The van der Waals surface area contributed by atoms with Gasteiger partial charge >= 0.3 is 12.1 Å². The van der Waals surface area contributed by atoms with Gasteiger partial charge in [-0.25, -0.2) is 4.79 Å². The number of aliphatic carboxylic acids is 1. The predicted octanol–water partition coefficient (Wildman–Crippen LogP) is 4.46. The van der Waals surface area contributed by atoms with E-state index in [1.807, 2.05) is 24.3 Å². The lowest BCUT2D eigenvalue weighted by atomic mass is 9.98. The monoisotopic (exact) mass is 464 g/mol. The minimum absolute atomic E-state index is 0.0180. The Bertz CT molecular complexity index is 992. The Morgan fingerprint density at radius 1 is 0.941 bits per heavy atom. The van der Waals surface area contributed by atoms with E-state index in [2.05, 4.69) is 34.9 Å². The van der Waals surface area contributed by atoms with Crippen LogP contribution in [0.4, 0.5) is 4.79 Å². The standard InChI is InChI=1S/C27H32N2O5/c30-25(28-15-6-5-14-26(31)32)16-18-8-7-13-24(18)29-27(33)34-17-23-21-11-3-1-9-19(21)20-10-2-4-12-22(20)23/h1-4,9-12,18,23-24H,5-8,13-17H2,(H,28,30)(H,29,33)(H,31,32)/t18-,24+/m0/s1. The van der Waals surface area contributed by atoms with Crippen molar-refractivity contribution in [3.63, 3.8) is 0 Å². The van der Waals surface area contributed by atoms with E-state index in [1.165, 1.54) is 22.3 Å². The van der Waals surface area contributed by atoms with E-state index in [4.69, 9.17) is 9.84 Å². The molecule has 2 aliphatic rings. The lowest BCUT2D eigenvalue weighted by molar-refractivity contribution is -0.137. The number of carboxylic acids is 1. The van der Waals surface area contributed by atoms with Crippen LogP contribution < -0.4 is 10.6 Å². The Morgan fingerprint density at radius 2 is 1.62 bits per heavy atom. The van der Waals surface area contributed by atoms with Gasteiger partial charge < -0.3 is 20.5 Å². The van der Waals surface area contributed by atoms with Crippen molar-refractivity contribution in [2.24, 2.45) is 5.92 Å². The molecule has 4 rings (SSSR count). The highest BCUT2D eigenvalue weighted by atomic mass is 16.5. The summed E-state index contributed by atoms with van der Waals surface area (Å²) < 4.78 is 5.67. The molecular formula is C27H32N2O5. The highest BCUT2D eigenvalue weighted by molar-refractivity contribution is 5.79. The highest BCUT2D eigenvalue weighted by Gasteiger charge is 2.32. The maximum Gasteiger partial charge on any atom is 0.407 e. The minimum Gasteiger partial charge on any atom is -0.481 e. The van der Waals surface area contributed by atoms with Gasteiger partial charge in [0.1, 0.15) is 6.61 Å².